The molecule has 2 heterocycles. The Morgan fingerprint density at radius 3 is 2.30 bits per heavy atom. The minimum atomic E-state index is -2.69. The molecule has 1 N–H and O–H groups in total. The van der Waals surface area contributed by atoms with Gasteiger partial charge in [0.05, 0.1) is 16.9 Å². The maximum Gasteiger partial charge on any atom is 0.263 e. The number of nitrogens with zero attached hydrogens (tertiary/aromatic N) is 2. The Morgan fingerprint density at radius 1 is 0.900 bits per heavy atom. The minimum Gasteiger partial charge on any atom is -0.324 e. The summed E-state index contributed by atoms with van der Waals surface area (Å²) in [5.41, 5.74) is 2.23. The second-order valence-corrected chi connectivity index (χ2v) is 7.14. The van der Waals surface area contributed by atoms with Crippen LogP contribution in [0, 0.1) is 19.7 Å². The topological polar surface area (TPSA) is 56.4 Å². The average molecular weight is 413 g/mol. The van der Waals surface area contributed by atoms with Crippen LogP contribution in [-0.2, 0) is 0 Å². The SMILES string of the molecule is Cc1cc(F)ccc1N1CN(c2ccc(=O)[nH]c2C)C(=O)c2ccc(C(F)F)cc21. The van der Waals surface area contributed by atoms with Gasteiger partial charge in [-0.05, 0) is 55.8 Å². The predicted octanol–water partition coefficient (Wildman–Crippen LogP) is 4.82. The number of amides is 1. The molecule has 3 aromatic rings. The molecule has 4 rings (SSSR count). The van der Waals surface area contributed by atoms with Gasteiger partial charge in [-0.2, -0.15) is 0 Å². The molecule has 0 saturated carbocycles. The van der Waals surface area contributed by atoms with E-state index in [0.29, 0.717) is 28.3 Å². The van der Waals surface area contributed by atoms with Gasteiger partial charge in [-0.25, -0.2) is 13.2 Å². The zero-order valence-electron chi connectivity index (χ0n) is 16.2. The van der Waals surface area contributed by atoms with Crippen molar-refractivity contribution in [3.8, 4) is 0 Å². The summed E-state index contributed by atoms with van der Waals surface area (Å²) in [6, 6.07) is 10.9. The second kappa shape index (κ2) is 7.37. The number of rotatable bonds is 3. The number of aromatic amines is 1. The molecule has 0 saturated heterocycles. The molecule has 0 bridgehead atoms. The van der Waals surface area contributed by atoms with Crippen molar-refractivity contribution in [3.05, 3.63) is 87.1 Å². The molecule has 1 aliphatic rings. The lowest BCUT2D eigenvalue weighted by Gasteiger charge is -2.39. The molecule has 1 aromatic heterocycles. The molecular formula is C22H18F3N3O2. The van der Waals surface area contributed by atoms with Crippen molar-refractivity contribution in [3.63, 3.8) is 0 Å². The Morgan fingerprint density at radius 2 is 1.63 bits per heavy atom. The molecule has 1 amide bonds. The molecule has 154 valence electrons. The monoisotopic (exact) mass is 413 g/mol. The Kier molecular flexibility index (Phi) is 4.85. The van der Waals surface area contributed by atoms with Gasteiger partial charge in [0, 0.05) is 23.0 Å². The van der Waals surface area contributed by atoms with Crippen molar-refractivity contribution < 1.29 is 18.0 Å². The highest BCUT2D eigenvalue weighted by Gasteiger charge is 2.33. The number of benzene rings is 2. The number of carbonyl (C=O) groups excluding carboxylic acids is 1. The van der Waals surface area contributed by atoms with E-state index < -0.39 is 12.2 Å². The van der Waals surface area contributed by atoms with Crippen molar-refractivity contribution in [2.24, 2.45) is 0 Å². The first kappa shape index (κ1) is 19.8. The number of aryl methyl sites for hydroxylation is 2. The van der Waals surface area contributed by atoms with Crippen LogP contribution in [0.4, 0.5) is 30.2 Å². The Hall–Kier alpha value is -3.55. The third kappa shape index (κ3) is 3.34. The van der Waals surface area contributed by atoms with Gasteiger partial charge in [0.2, 0.25) is 5.56 Å². The number of halogens is 3. The van der Waals surface area contributed by atoms with E-state index in [1.165, 1.54) is 41.3 Å². The lowest BCUT2D eigenvalue weighted by Crippen LogP contribution is -2.45. The summed E-state index contributed by atoms with van der Waals surface area (Å²) in [4.78, 5) is 30.6. The number of aromatic nitrogens is 1. The van der Waals surface area contributed by atoms with Gasteiger partial charge in [0.25, 0.3) is 12.3 Å². The van der Waals surface area contributed by atoms with Crippen LogP contribution in [0.3, 0.4) is 0 Å². The number of H-pyrrole nitrogens is 1. The third-order valence-corrected chi connectivity index (χ3v) is 5.15. The van der Waals surface area contributed by atoms with Crippen molar-refractivity contribution in [2.45, 2.75) is 20.3 Å². The highest BCUT2D eigenvalue weighted by atomic mass is 19.3. The summed E-state index contributed by atoms with van der Waals surface area (Å²) in [5, 5.41) is 0. The van der Waals surface area contributed by atoms with Crippen LogP contribution >= 0.6 is 0 Å². The van der Waals surface area contributed by atoms with Gasteiger partial charge in [-0.3, -0.25) is 14.5 Å². The molecule has 0 unspecified atom stereocenters. The van der Waals surface area contributed by atoms with Gasteiger partial charge >= 0.3 is 0 Å². The summed E-state index contributed by atoms with van der Waals surface area (Å²) < 4.78 is 40.3. The fraction of sp³-hybridized carbons (Fsp3) is 0.182. The average Bonchev–Trinajstić information content (AvgIpc) is 2.69. The van der Waals surface area contributed by atoms with E-state index >= 15 is 0 Å². The van der Waals surface area contributed by atoms with Crippen molar-refractivity contribution in [2.75, 3.05) is 16.5 Å². The van der Waals surface area contributed by atoms with Crippen LogP contribution < -0.4 is 15.4 Å². The van der Waals surface area contributed by atoms with E-state index in [9.17, 15) is 22.8 Å². The first-order valence-electron chi connectivity index (χ1n) is 9.24. The summed E-state index contributed by atoms with van der Waals surface area (Å²) in [6.45, 7) is 3.39. The van der Waals surface area contributed by atoms with E-state index in [1.807, 2.05) is 0 Å². The van der Waals surface area contributed by atoms with Crippen LogP contribution in [0.25, 0.3) is 0 Å². The molecule has 30 heavy (non-hydrogen) atoms. The van der Waals surface area contributed by atoms with Gasteiger partial charge in [-0.15, -0.1) is 0 Å². The van der Waals surface area contributed by atoms with E-state index in [4.69, 9.17) is 0 Å². The standard InChI is InChI=1S/C22H18F3N3O2/c1-12-9-15(23)4-6-17(12)27-11-28(18-7-8-20(29)26-13(18)2)22(30)16-5-3-14(21(24)25)10-19(16)27/h3-10,21H,11H2,1-2H3,(H,26,29). The molecule has 0 fully saturated rings. The second-order valence-electron chi connectivity index (χ2n) is 7.14. The number of hydrogen-bond donors (Lipinski definition) is 1. The fourth-order valence-corrected chi connectivity index (χ4v) is 3.69. The van der Waals surface area contributed by atoms with Crippen molar-refractivity contribution in [1.82, 2.24) is 4.98 Å². The highest BCUT2D eigenvalue weighted by Crippen LogP contribution is 2.39. The normalized spacial score (nSPS) is 13.7. The molecule has 1 aliphatic heterocycles. The van der Waals surface area contributed by atoms with E-state index in [1.54, 1.807) is 30.9 Å². The molecule has 2 aromatic carbocycles. The Bertz CT molecular complexity index is 1210. The van der Waals surface area contributed by atoms with Crippen molar-refractivity contribution in [1.29, 1.82) is 0 Å². The minimum absolute atomic E-state index is 0.0118. The zero-order chi connectivity index (χ0) is 21.6. The lowest BCUT2D eigenvalue weighted by atomic mass is 10.0. The first-order valence-corrected chi connectivity index (χ1v) is 9.24. The number of alkyl halides is 2. The Balaban J connectivity index is 1.91. The molecule has 0 aliphatic carbocycles. The number of carbonyl (C=O) groups is 1. The first-order chi connectivity index (χ1) is 14.3. The molecule has 0 spiro atoms. The molecule has 0 radical (unpaired) electrons. The van der Waals surface area contributed by atoms with Gasteiger partial charge < -0.3 is 9.88 Å². The lowest BCUT2D eigenvalue weighted by molar-refractivity contribution is 0.0982. The smallest absolute Gasteiger partial charge is 0.263 e. The van der Waals surface area contributed by atoms with Crippen LogP contribution in [0.2, 0.25) is 0 Å². The number of hydrogen-bond acceptors (Lipinski definition) is 3. The predicted molar refractivity (Wildman–Crippen MR) is 108 cm³/mol. The maximum absolute atomic E-state index is 13.7. The fourth-order valence-electron chi connectivity index (χ4n) is 3.69. The quantitative estimate of drug-likeness (QED) is 0.670. The van der Waals surface area contributed by atoms with Gasteiger partial charge in [-0.1, -0.05) is 6.07 Å². The zero-order valence-corrected chi connectivity index (χ0v) is 16.2. The number of anilines is 3. The maximum atomic E-state index is 13.7. The van der Waals surface area contributed by atoms with Gasteiger partial charge in [0.15, 0.2) is 0 Å². The van der Waals surface area contributed by atoms with Crippen LogP contribution in [-0.4, -0.2) is 17.6 Å². The van der Waals surface area contributed by atoms with E-state index in [0.717, 1.165) is 0 Å². The third-order valence-electron chi connectivity index (χ3n) is 5.15. The van der Waals surface area contributed by atoms with Crippen LogP contribution in [0.5, 0.6) is 0 Å². The van der Waals surface area contributed by atoms with Gasteiger partial charge in [0.1, 0.15) is 12.5 Å². The van der Waals surface area contributed by atoms with E-state index in [-0.39, 0.29) is 29.3 Å². The molecule has 5 nitrogen and oxygen atoms in total. The van der Waals surface area contributed by atoms with E-state index in [2.05, 4.69) is 4.98 Å². The molecular weight excluding hydrogens is 395 g/mol. The van der Waals surface area contributed by atoms with Crippen molar-refractivity contribution >= 4 is 23.0 Å². The summed E-state index contributed by atoms with van der Waals surface area (Å²) in [7, 11) is 0. The number of pyridine rings is 1. The molecule has 8 heteroatoms. The van der Waals surface area contributed by atoms with Crippen LogP contribution in [0.1, 0.15) is 33.6 Å². The summed E-state index contributed by atoms with van der Waals surface area (Å²) in [5.74, 6) is -0.795. The van der Waals surface area contributed by atoms with Crippen LogP contribution in [0.15, 0.2) is 53.3 Å². The summed E-state index contributed by atoms with van der Waals surface area (Å²) >= 11 is 0. The molecule has 0 atom stereocenters. The highest BCUT2D eigenvalue weighted by molar-refractivity contribution is 6.12. The summed E-state index contributed by atoms with van der Waals surface area (Å²) in [6.07, 6.45) is -2.69. The largest absolute Gasteiger partial charge is 0.324 e. The Labute approximate surface area is 170 Å². The number of fused-ring (bicyclic) bond motifs is 1. The number of nitrogens with one attached hydrogen (secondary N) is 1.